The standard InChI is InChI=1S/C28H32N4O3/c1-3-9-23(33)30-31-27-29-25-22-11-6-5-10-19(22)18-28(16-7-4-8-17-28)24(25)26(34)32(27)20-12-14-21(35-2)15-13-20/h5-6,10-15H,3-4,7-9,16-18H2,1-2H3,(H,29,31)(H,30,33). The Hall–Kier alpha value is -3.61. The van der Waals surface area contributed by atoms with E-state index in [-0.39, 0.29) is 16.9 Å². The van der Waals surface area contributed by atoms with Crippen molar-refractivity contribution in [3.8, 4) is 22.7 Å². The van der Waals surface area contributed by atoms with Crippen LogP contribution in [0.3, 0.4) is 0 Å². The summed E-state index contributed by atoms with van der Waals surface area (Å²) in [6.07, 6.45) is 7.34. The van der Waals surface area contributed by atoms with Gasteiger partial charge in [-0.1, -0.05) is 50.5 Å². The normalized spacial score (nSPS) is 15.7. The Morgan fingerprint density at radius 3 is 2.54 bits per heavy atom. The Morgan fingerprint density at radius 2 is 1.83 bits per heavy atom. The van der Waals surface area contributed by atoms with Crippen molar-refractivity contribution < 1.29 is 9.53 Å². The van der Waals surface area contributed by atoms with E-state index in [1.54, 1.807) is 11.7 Å². The maximum absolute atomic E-state index is 14.4. The number of anilines is 1. The Bertz CT molecular complexity index is 1290. The molecule has 0 atom stereocenters. The third-order valence-corrected chi connectivity index (χ3v) is 7.35. The van der Waals surface area contributed by atoms with Gasteiger partial charge >= 0.3 is 0 Å². The predicted octanol–water partition coefficient (Wildman–Crippen LogP) is 4.91. The number of carbonyl (C=O) groups excluding carboxylic acids is 1. The summed E-state index contributed by atoms with van der Waals surface area (Å²) in [6, 6.07) is 15.6. The Morgan fingerprint density at radius 1 is 1.09 bits per heavy atom. The van der Waals surface area contributed by atoms with Crippen molar-refractivity contribution in [3.63, 3.8) is 0 Å². The highest BCUT2D eigenvalue weighted by molar-refractivity contribution is 5.77. The molecule has 0 bridgehead atoms. The maximum atomic E-state index is 14.4. The van der Waals surface area contributed by atoms with Crippen molar-refractivity contribution in [2.24, 2.45) is 0 Å². The molecule has 3 aromatic rings. The number of nitrogens with one attached hydrogen (secondary N) is 2. The van der Waals surface area contributed by atoms with Crippen LogP contribution >= 0.6 is 0 Å². The van der Waals surface area contributed by atoms with Gasteiger partial charge in [-0.3, -0.25) is 20.4 Å². The first-order valence-corrected chi connectivity index (χ1v) is 12.5. The summed E-state index contributed by atoms with van der Waals surface area (Å²) in [4.78, 5) is 31.7. The van der Waals surface area contributed by atoms with Crippen LogP contribution in [-0.4, -0.2) is 22.6 Å². The SMILES string of the molecule is CCCC(=O)NNc1nc2c(c(=O)n1-c1ccc(OC)cc1)C1(CCCCC1)Cc1ccccc1-2. The lowest BCUT2D eigenvalue weighted by Crippen LogP contribution is -2.43. The third-order valence-electron chi connectivity index (χ3n) is 7.35. The Labute approximate surface area is 205 Å². The van der Waals surface area contributed by atoms with E-state index in [4.69, 9.17) is 9.72 Å². The van der Waals surface area contributed by atoms with E-state index >= 15 is 0 Å². The largest absolute Gasteiger partial charge is 0.497 e. The summed E-state index contributed by atoms with van der Waals surface area (Å²) in [5.74, 6) is 0.854. The topological polar surface area (TPSA) is 85.3 Å². The molecule has 1 fully saturated rings. The Kier molecular flexibility index (Phi) is 6.32. The van der Waals surface area contributed by atoms with Crippen molar-refractivity contribution in [2.75, 3.05) is 12.5 Å². The monoisotopic (exact) mass is 472 g/mol. The van der Waals surface area contributed by atoms with Gasteiger partial charge in [0.25, 0.3) is 5.56 Å². The number of amides is 1. The van der Waals surface area contributed by atoms with Crippen molar-refractivity contribution >= 4 is 11.9 Å². The first kappa shape index (κ1) is 23.1. The molecule has 0 aliphatic heterocycles. The molecule has 1 amide bonds. The predicted molar refractivity (Wildman–Crippen MR) is 137 cm³/mol. The molecular weight excluding hydrogens is 440 g/mol. The Balaban J connectivity index is 1.73. The summed E-state index contributed by atoms with van der Waals surface area (Å²) in [5, 5.41) is 0. The van der Waals surface area contributed by atoms with Gasteiger partial charge in [-0.15, -0.1) is 0 Å². The first-order valence-electron chi connectivity index (χ1n) is 12.5. The number of hydrogen-bond donors (Lipinski definition) is 2. The molecule has 1 saturated carbocycles. The second kappa shape index (κ2) is 9.56. The summed E-state index contributed by atoms with van der Waals surface area (Å²) >= 11 is 0. The van der Waals surface area contributed by atoms with Gasteiger partial charge in [0.2, 0.25) is 11.9 Å². The number of nitrogens with zero attached hydrogens (tertiary/aromatic N) is 2. The molecule has 35 heavy (non-hydrogen) atoms. The number of aromatic nitrogens is 2. The molecule has 7 heteroatoms. The molecule has 0 saturated heterocycles. The van der Waals surface area contributed by atoms with Gasteiger partial charge in [-0.2, -0.15) is 0 Å². The van der Waals surface area contributed by atoms with E-state index in [9.17, 15) is 9.59 Å². The summed E-state index contributed by atoms with van der Waals surface area (Å²) < 4.78 is 6.91. The van der Waals surface area contributed by atoms with Crippen LogP contribution in [0.5, 0.6) is 5.75 Å². The van der Waals surface area contributed by atoms with E-state index in [2.05, 4.69) is 23.0 Å². The number of ether oxygens (including phenoxy) is 1. The fraction of sp³-hybridized carbons (Fsp3) is 0.393. The minimum absolute atomic E-state index is 0.0798. The van der Waals surface area contributed by atoms with Crippen LogP contribution in [0.2, 0.25) is 0 Å². The molecule has 2 N–H and O–H groups in total. The number of fused-ring (bicyclic) bond motifs is 4. The molecule has 1 aromatic heterocycles. The molecule has 1 heterocycles. The maximum Gasteiger partial charge on any atom is 0.263 e. The molecular formula is C28H32N4O3. The fourth-order valence-corrected chi connectivity index (χ4v) is 5.68. The summed E-state index contributed by atoms with van der Waals surface area (Å²) in [6.45, 7) is 1.95. The molecule has 0 unspecified atom stereocenters. The molecule has 7 nitrogen and oxygen atoms in total. The minimum Gasteiger partial charge on any atom is -0.497 e. The number of hydrazine groups is 1. The minimum atomic E-state index is -0.218. The lowest BCUT2D eigenvalue weighted by molar-refractivity contribution is -0.120. The van der Waals surface area contributed by atoms with Crippen molar-refractivity contribution in [3.05, 3.63) is 70.0 Å². The molecule has 182 valence electrons. The van der Waals surface area contributed by atoms with Crippen LogP contribution in [0.15, 0.2) is 53.3 Å². The van der Waals surface area contributed by atoms with Crippen molar-refractivity contribution in [1.82, 2.24) is 15.0 Å². The van der Waals surface area contributed by atoms with Crippen LogP contribution in [0.4, 0.5) is 5.95 Å². The second-order valence-corrected chi connectivity index (χ2v) is 9.60. The molecule has 1 spiro atoms. The van der Waals surface area contributed by atoms with Gasteiger partial charge in [-0.25, -0.2) is 9.55 Å². The van der Waals surface area contributed by atoms with Crippen LogP contribution in [-0.2, 0) is 16.6 Å². The van der Waals surface area contributed by atoms with Gasteiger partial charge in [0.1, 0.15) is 5.75 Å². The van der Waals surface area contributed by atoms with Crippen molar-refractivity contribution in [1.29, 1.82) is 0 Å². The van der Waals surface area contributed by atoms with E-state index in [0.717, 1.165) is 55.3 Å². The number of benzene rings is 2. The second-order valence-electron chi connectivity index (χ2n) is 9.60. The van der Waals surface area contributed by atoms with Gasteiger partial charge in [0, 0.05) is 17.4 Å². The highest BCUT2D eigenvalue weighted by Gasteiger charge is 2.43. The lowest BCUT2D eigenvalue weighted by Gasteiger charge is -2.42. The van der Waals surface area contributed by atoms with Crippen LogP contribution in [0.1, 0.15) is 63.0 Å². The zero-order valence-electron chi connectivity index (χ0n) is 20.4. The van der Waals surface area contributed by atoms with E-state index in [0.29, 0.717) is 23.8 Å². The van der Waals surface area contributed by atoms with Crippen LogP contribution < -0.4 is 21.1 Å². The zero-order chi connectivity index (χ0) is 24.4. The smallest absolute Gasteiger partial charge is 0.263 e. The number of rotatable bonds is 6. The molecule has 0 radical (unpaired) electrons. The average molecular weight is 473 g/mol. The van der Waals surface area contributed by atoms with Crippen LogP contribution in [0, 0.1) is 0 Å². The molecule has 2 aromatic carbocycles. The van der Waals surface area contributed by atoms with Crippen molar-refractivity contribution in [2.45, 2.75) is 63.7 Å². The fourth-order valence-electron chi connectivity index (χ4n) is 5.68. The highest BCUT2D eigenvalue weighted by atomic mass is 16.5. The number of carbonyl (C=O) groups is 1. The van der Waals surface area contributed by atoms with E-state index < -0.39 is 0 Å². The first-order chi connectivity index (χ1) is 17.1. The summed E-state index contributed by atoms with van der Waals surface area (Å²) in [7, 11) is 1.61. The quantitative estimate of drug-likeness (QED) is 0.498. The van der Waals surface area contributed by atoms with Gasteiger partial charge in [-0.05, 0) is 55.5 Å². The number of methoxy groups -OCH3 is 1. The average Bonchev–Trinajstić information content (AvgIpc) is 2.88. The van der Waals surface area contributed by atoms with Gasteiger partial charge in [0.05, 0.1) is 24.1 Å². The molecule has 5 rings (SSSR count). The van der Waals surface area contributed by atoms with E-state index in [1.165, 1.54) is 12.0 Å². The zero-order valence-corrected chi connectivity index (χ0v) is 20.4. The van der Waals surface area contributed by atoms with Gasteiger partial charge in [0.15, 0.2) is 0 Å². The molecule has 2 aliphatic rings. The number of hydrogen-bond acceptors (Lipinski definition) is 5. The highest BCUT2D eigenvalue weighted by Crippen LogP contribution is 2.48. The third kappa shape index (κ3) is 4.20. The van der Waals surface area contributed by atoms with Gasteiger partial charge < -0.3 is 4.74 Å². The molecule has 2 aliphatic carbocycles. The summed E-state index contributed by atoms with van der Waals surface area (Å²) in [5.41, 5.74) is 9.83. The van der Waals surface area contributed by atoms with E-state index in [1.807, 2.05) is 43.3 Å². The lowest BCUT2D eigenvalue weighted by atomic mass is 9.62. The van der Waals surface area contributed by atoms with Crippen LogP contribution in [0.25, 0.3) is 16.9 Å².